The molecule has 0 unspecified atom stereocenters. The van der Waals surface area contributed by atoms with Crippen molar-refractivity contribution < 1.29 is 15.0 Å². The van der Waals surface area contributed by atoms with Gasteiger partial charge < -0.3 is 10.2 Å². The Morgan fingerprint density at radius 1 is 1.33 bits per heavy atom. The van der Waals surface area contributed by atoms with Gasteiger partial charge in [-0.25, -0.2) is 0 Å². The molecule has 1 aromatic carbocycles. The lowest BCUT2D eigenvalue weighted by Gasteiger charge is -2.06. The molecule has 0 spiro atoms. The van der Waals surface area contributed by atoms with Gasteiger partial charge in [0.05, 0.1) is 0 Å². The SMILES string of the molecule is CC(C)=CCc1c(C=O)ccc(O)c1O. The molecule has 0 bridgehead atoms. The molecule has 0 amide bonds. The highest BCUT2D eigenvalue weighted by Gasteiger charge is 2.10. The van der Waals surface area contributed by atoms with Gasteiger partial charge in [0.1, 0.15) is 6.29 Å². The summed E-state index contributed by atoms with van der Waals surface area (Å²) in [4.78, 5) is 10.7. The first kappa shape index (κ1) is 11.3. The molecule has 2 N–H and O–H groups in total. The molecule has 0 saturated carbocycles. The van der Waals surface area contributed by atoms with Gasteiger partial charge in [-0.3, -0.25) is 4.79 Å². The zero-order chi connectivity index (χ0) is 11.4. The second kappa shape index (κ2) is 4.64. The summed E-state index contributed by atoms with van der Waals surface area (Å²) in [7, 11) is 0. The standard InChI is InChI=1S/C12H14O3/c1-8(2)3-5-10-9(7-13)4-6-11(14)12(10)15/h3-4,6-7,14-15H,5H2,1-2H3. The number of rotatable bonds is 3. The Bertz CT molecular complexity index is 402. The zero-order valence-corrected chi connectivity index (χ0v) is 8.82. The van der Waals surface area contributed by atoms with E-state index >= 15 is 0 Å². The van der Waals surface area contributed by atoms with Crippen molar-refractivity contribution in [2.45, 2.75) is 20.3 Å². The maximum absolute atomic E-state index is 10.7. The quantitative estimate of drug-likeness (QED) is 0.453. The average molecular weight is 206 g/mol. The van der Waals surface area contributed by atoms with Crippen LogP contribution in [0, 0.1) is 0 Å². The molecule has 0 fully saturated rings. The van der Waals surface area contributed by atoms with E-state index in [2.05, 4.69) is 0 Å². The Balaban J connectivity index is 3.18. The predicted octanol–water partition coefficient (Wildman–Crippen LogP) is 2.42. The summed E-state index contributed by atoms with van der Waals surface area (Å²) >= 11 is 0. The number of allylic oxidation sites excluding steroid dienone is 2. The van der Waals surface area contributed by atoms with Crippen LogP contribution in [0.25, 0.3) is 0 Å². The minimum atomic E-state index is -0.211. The van der Waals surface area contributed by atoms with Crippen molar-refractivity contribution in [3.05, 3.63) is 34.9 Å². The Hall–Kier alpha value is -1.77. The number of hydrogen-bond acceptors (Lipinski definition) is 3. The van der Waals surface area contributed by atoms with E-state index in [-0.39, 0.29) is 11.5 Å². The number of aromatic hydroxyl groups is 2. The molecule has 1 aromatic rings. The van der Waals surface area contributed by atoms with Gasteiger partial charge in [-0.1, -0.05) is 11.6 Å². The molecule has 0 aromatic heterocycles. The van der Waals surface area contributed by atoms with Gasteiger partial charge in [-0.15, -0.1) is 0 Å². The molecular weight excluding hydrogens is 192 g/mol. The van der Waals surface area contributed by atoms with Gasteiger partial charge in [-0.2, -0.15) is 0 Å². The first-order valence-corrected chi connectivity index (χ1v) is 4.68. The van der Waals surface area contributed by atoms with Crippen LogP contribution in [0.3, 0.4) is 0 Å². The van der Waals surface area contributed by atoms with Gasteiger partial charge in [0.15, 0.2) is 11.5 Å². The van der Waals surface area contributed by atoms with E-state index in [1.54, 1.807) is 0 Å². The zero-order valence-electron chi connectivity index (χ0n) is 8.82. The summed E-state index contributed by atoms with van der Waals surface area (Å²) in [6, 6.07) is 2.81. The van der Waals surface area contributed by atoms with Crippen molar-refractivity contribution in [3.63, 3.8) is 0 Å². The molecule has 15 heavy (non-hydrogen) atoms. The summed E-state index contributed by atoms with van der Waals surface area (Å²) in [5.41, 5.74) is 1.96. The minimum Gasteiger partial charge on any atom is -0.504 e. The Morgan fingerprint density at radius 2 is 2.00 bits per heavy atom. The normalized spacial score (nSPS) is 9.73. The lowest BCUT2D eigenvalue weighted by Crippen LogP contribution is -1.92. The Labute approximate surface area is 88.7 Å². The van der Waals surface area contributed by atoms with Crippen LogP contribution in [0.5, 0.6) is 11.5 Å². The van der Waals surface area contributed by atoms with Crippen LogP contribution in [-0.4, -0.2) is 16.5 Å². The summed E-state index contributed by atoms with van der Waals surface area (Å²) in [5.74, 6) is -0.408. The van der Waals surface area contributed by atoms with Crippen LogP contribution in [0.2, 0.25) is 0 Å². The number of phenols is 2. The summed E-state index contributed by atoms with van der Waals surface area (Å²) < 4.78 is 0. The van der Waals surface area contributed by atoms with Gasteiger partial charge in [0.25, 0.3) is 0 Å². The minimum absolute atomic E-state index is 0.197. The smallest absolute Gasteiger partial charge is 0.161 e. The highest BCUT2D eigenvalue weighted by molar-refractivity contribution is 5.79. The number of carbonyl (C=O) groups excluding carboxylic acids is 1. The molecule has 3 nitrogen and oxygen atoms in total. The number of carbonyl (C=O) groups is 1. The third-order valence-electron chi connectivity index (χ3n) is 2.14. The molecule has 0 atom stereocenters. The maximum Gasteiger partial charge on any atom is 0.161 e. The molecule has 0 heterocycles. The monoisotopic (exact) mass is 206 g/mol. The fourth-order valence-corrected chi connectivity index (χ4v) is 1.27. The number of phenolic OH excluding ortho intramolecular Hbond substituents is 2. The first-order valence-electron chi connectivity index (χ1n) is 4.68. The van der Waals surface area contributed by atoms with Crippen molar-refractivity contribution in [3.8, 4) is 11.5 Å². The van der Waals surface area contributed by atoms with Crippen molar-refractivity contribution >= 4 is 6.29 Å². The largest absolute Gasteiger partial charge is 0.504 e. The van der Waals surface area contributed by atoms with E-state index in [1.165, 1.54) is 12.1 Å². The van der Waals surface area contributed by atoms with Crippen molar-refractivity contribution in [2.24, 2.45) is 0 Å². The summed E-state index contributed by atoms with van der Waals surface area (Å²) in [6.07, 6.45) is 3.01. The molecule has 0 saturated heterocycles. The van der Waals surface area contributed by atoms with Crippen LogP contribution < -0.4 is 0 Å². The predicted molar refractivity (Wildman–Crippen MR) is 58.3 cm³/mol. The fourth-order valence-electron chi connectivity index (χ4n) is 1.27. The second-order valence-electron chi connectivity index (χ2n) is 3.60. The molecule has 3 heteroatoms. The average Bonchev–Trinajstić information content (AvgIpc) is 2.20. The second-order valence-corrected chi connectivity index (χ2v) is 3.60. The maximum atomic E-state index is 10.7. The van der Waals surface area contributed by atoms with Gasteiger partial charge in [-0.05, 0) is 32.4 Å². The van der Waals surface area contributed by atoms with Gasteiger partial charge in [0, 0.05) is 11.1 Å². The molecule has 1 rings (SSSR count). The molecule has 0 aliphatic rings. The lowest BCUT2D eigenvalue weighted by atomic mass is 10.0. The van der Waals surface area contributed by atoms with Crippen molar-refractivity contribution in [1.82, 2.24) is 0 Å². The van der Waals surface area contributed by atoms with E-state index in [0.717, 1.165) is 5.57 Å². The van der Waals surface area contributed by atoms with E-state index in [0.29, 0.717) is 23.8 Å². The number of hydrogen-bond donors (Lipinski definition) is 2. The van der Waals surface area contributed by atoms with Crippen molar-refractivity contribution in [1.29, 1.82) is 0 Å². The van der Waals surface area contributed by atoms with Crippen LogP contribution in [0.1, 0.15) is 29.8 Å². The Kier molecular flexibility index (Phi) is 3.50. The van der Waals surface area contributed by atoms with Crippen molar-refractivity contribution in [2.75, 3.05) is 0 Å². The van der Waals surface area contributed by atoms with E-state index < -0.39 is 0 Å². The highest BCUT2D eigenvalue weighted by atomic mass is 16.3. The topological polar surface area (TPSA) is 57.5 Å². The third kappa shape index (κ3) is 2.59. The lowest BCUT2D eigenvalue weighted by molar-refractivity contribution is 0.112. The summed E-state index contributed by atoms with van der Waals surface area (Å²) in [6.45, 7) is 3.86. The van der Waals surface area contributed by atoms with Gasteiger partial charge in [0.2, 0.25) is 0 Å². The van der Waals surface area contributed by atoms with Crippen LogP contribution in [0.4, 0.5) is 0 Å². The van der Waals surface area contributed by atoms with Crippen LogP contribution in [0.15, 0.2) is 23.8 Å². The van der Waals surface area contributed by atoms with Gasteiger partial charge >= 0.3 is 0 Å². The highest BCUT2D eigenvalue weighted by Crippen LogP contribution is 2.31. The van der Waals surface area contributed by atoms with Crippen LogP contribution >= 0.6 is 0 Å². The van der Waals surface area contributed by atoms with E-state index in [4.69, 9.17) is 0 Å². The fraction of sp³-hybridized carbons (Fsp3) is 0.250. The number of benzene rings is 1. The van der Waals surface area contributed by atoms with E-state index in [1.807, 2.05) is 19.9 Å². The molecule has 80 valence electrons. The molecular formula is C12H14O3. The third-order valence-corrected chi connectivity index (χ3v) is 2.14. The number of aldehydes is 1. The van der Waals surface area contributed by atoms with Crippen LogP contribution in [-0.2, 0) is 6.42 Å². The van der Waals surface area contributed by atoms with E-state index in [9.17, 15) is 15.0 Å². The molecule has 0 aliphatic heterocycles. The molecule has 0 aliphatic carbocycles. The Morgan fingerprint density at radius 3 is 2.53 bits per heavy atom. The first-order chi connectivity index (χ1) is 7.06. The molecule has 0 radical (unpaired) electrons. The summed E-state index contributed by atoms with van der Waals surface area (Å²) in [5, 5.41) is 18.9.